The van der Waals surface area contributed by atoms with Crippen molar-refractivity contribution in [3.8, 4) is 0 Å². The van der Waals surface area contributed by atoms with E-state index in [1.165, 1.54) is 23.1 Å². The lowest BCUT2D eigenvalue weighted by molar-refractivity contribution is -0.120. The van der Waals surface area contributed by atoms with E-state index in [-0.39, 0.29) is 16.7 Å². The molecular formula is C21H23N3O2S2. The largest absolute Gasteiger partial charge is 0.351 e. The molecule has 0 unspecified atom stereocenters. The second-order valence-electron chi connectivity index (χ2n) is 6.53. The molecule has 0 bridgehead atoms. The fraction of sp³-hybridized carbons (Fsp3) is 0.286. The summed E-state index contributed by atoms with van der Waals surface area (Å²) in [6.07, 6.45) is 1.67. The Morgan fingerprint density at radius 3 is 2.75 bits per heavy atom. The van der Waals surface area contributed by atoms with Gasteiger partial charge in [0, 0.05) is 18.0 Å². The Labute approximate surface area is 172 Å². The average molecular weight is 414 g/mol. The zero-order valence-electron chi connectivity index (χ0n) is 16.2. The first-order valence-electron chi connectivity index (χ1n) is 9.02. The molecule has 2 heterocycles. The standard InChI is InChI=1S/C21H23N3O2S2/c1-5-11-24-20(26)17-13(2)14(3)27-19(17)23-21(24)28-15(4)18(25)22-12-16-9-7-6-8-10-16/h5-10,15H,1,11-12H2,2-4H3,(H,22,25)/t15-/m1/s1. The lowest BCUT2D eigenvalue weighted by Gasteiger charge is -2.15. The van der Waals surface area contributed by atoms with Crippen LogP contribution in [0.15, 0.2) is 52.9 Å². The lowest BCUT2D eigenvalue weighted by atomic mass is 10.2. The van der Waals surface area contributed by atoms with Crippen molar-refractivity contribution in [1.82, 2.24) is 14.9 Å². The van der Waals surface area contributed by atoms with E-state index in [9.17, 15) is 9.59 Å². The molecule has 146 valence electrons. The fourth-order valence-corrected chi connectivity index (χ4v) is 4.84. The molecule has 0 aliphatic heterocycles. The fourth-order valence-electron chi connectivity index (χ4n) is 2.83. The third-order valence-corrected chi connectivity index (χ3v) is 6.72. The molecule has 7 heteroatoms. The number of allylic oxidation sites excluding steroid dienone is 1. The number of benzene rings is 1. The number of carbonyl (C=O) groups is 1. The maximum absolute atomic E-state index is 13.0. The number of aromatic nitrogens is 2. The third kappa shape index (κ3) is 4.20. The highest BCUT2D eigenvalue weighted by atomic mass is 32.2. The van der Waals surface area contributed by atoms with Crippen LogP contribution in [0, 0.1) is 13.8 Å². The van der Waals surface area contributed by atoms with Gasteiger partial charge in [-0.25, -0.2) is 4.98 Å². The van der Waals surface area contributed by atoms with Gasteiger partial charge in [0.1, 0.15) is 4.83 Å². The van der Waals surface area contributed by atoms with E-state index in [4.69, 9.17) is 4.98 Å². The van der Waals surface area contributed by atoms with E-state index in [1.807, 2.05) is 51.1 Å². The minimum Gasteiger partial charge on any atom is -0.351 e. The predicted molar refractivity (Wildman–Crippen MR) is 117 cm³/mol. The summed E-state index contributed by atoms with van der Waals surface area (Å²) < 4.78 is 1.60. The van der Waals surface area contributed by atoms with Crippen LogP contribution in [0.2, 0.25) is 0 Å². The zero-order valence-corrected chi connectivity index (χ0v) is 17.8. The topological polar surface area (TPSA) is 64.0 Å². The number of hydrogen-bond acceptors (Lipinski definition) is 5. The minimum atomic E-state index is -0.383. The Kier molecular flexibility index (Phi) is 6.36. The average Bonchev–Trinajstić information content (AvgIpc) is 2.97. The number of thiophene rings is 1. The van der Waals surface area contributed by atoms with E-state index >= 15 is 0 Å². The molecule has 0 aliphatic rings. The second kappa shape index (κ2) is 8.75. The quantitative estimate of drug-likeness (QED) is 0.360. The van der Waals surface area contributed by atoms with Gasteiger partial charge in [0.2, 0.25) is 5.91 Å². The van der Waals surface area contributed by atoms with E-state index in [0.717, 1.165) is 20.8 Å². The first-order valence-corrected chi connectivity index (χ1v) is 10.7. The van der Waals surface area contributed by atoms with Gasteiger partial charge in [0.25, 0.3) is 5.56 Å². The van der Waals surface area contributed by atoms with Crippen molar-refractivity contribution < 1.29 is 4.79 Å². The van der Waals surface area contributed by atoms with Gasteiger partial charge in [0.15, 0.2) is 5.16 Å². The van der Waals surface area contributed by atoms with Crippen molar-refractivity contribution in [1.29, 1.82) is 0 Å². The summed E-state index contributed by atoms with van der Waals surface area (Å²) >= 11 is 2.81. The second-order valence-corrected chi connectivity index (χ2v) is 9.04. The van der Waals surface area contributed by atoms with Gasteiger partial charge >= 0.3 is 0 Å². The summed E-state index contributed by atoms with van der Waals surface area (Å²) in [4.78, 5) is 32.0. The van der Waals surface area contributed by atoms with Crippen LogP contribution in [-0.2, 0) is 17.9 Å². The van der Waals surface area contributed by atoms with Crippen LogP contribution < -0.4 is 10.9 Å². The Hall–Kier alpha value is -2.38. The number of nitrogens with one attached hydrogen (secondary N) is 1. The number of amides is 1. The first kappa shape index (κ1) is 20.4. The molecule has 0 fully saturated rings. The lowest BCUT2D eigenvalue weighted by Crippen LogP contribution is -2.31. The Morgan fingerprint density at radius 2 is 2.07 bits per heavy atom. The third-order valence-electron chi connectivity index (χ3n) is 4.53. The van der Waals surface area contributed by atoms with Crippen molar-refractivity contribution in [2.24, 2.45) is 0 Å². The number of fused-ring (bicyclic) bond motifs is 1. The summed E-state index contributed by atoms with van der Waals surface area (Å²) in [5, 5.41) is 3.76. The Bertz CT molecular complexity index is 1070. The molecule has 1 amide bonds. The molecule has 1 aromatic carbocycles. The van der Waals surface area contributed by atoms with Crippen molar-refractivity contribution in [3.63, 3.8) is 0 Å². The molecule has 1 N–H and O–H groups in total. The van der Waals surface area contributed by atoms with E-state index < -0.39 is 0 Å². The number of rotatable bonds is 7. The van der Waals surface area contributed by atoms with Crippen LogP contribution >= 0.6 is 23.1 Å². The molecular weight excluding hydrogens is 390 g/mol. The molecule has 5 nitrogen and oxygen atoms in total. The zero-order chi connectivity index (χ0) is 20.3. The first-order chi connectivity index (χ1) is 13.4. The number of nitrogens with zero attached hydrogens (tertiary/aromatic N) is 2. The number of thioether (sulfide) groups is 1. The predicted octanol–water partition coefficient (Wildman–Crippen LogP) is 4.06. The van der Waals surface area contributed by atoms with Crippen molar-refractivity contribution in [2.75, 3.05) is 0 Å². The molecule has 3 rings (SSSR count). The molecule has 0 spiro atoms. The number of carbonyl (C=O) groups excluding carboxylic acids is 1. The molecule has 0 aliphatic carbocycles. The number of hydrogen-bond donors (Lipinski definition) is 1. The van der Waals surface area contributed by atoms with Crippen LogP contribution in [0.3, 0.4) is 0 Å². The van der Waals surface area contributed by atoms with Gasteiger partial charge in [-0.2, -0.15) is 0 Å². The Morgan fingerprint density at radius 1 is 1.36 bits per heavy atom. The van der Waals surface area contributed by atoms with E-state index in [0.29, 0.717) is 23.6 Å². The van der Waals surface area contributed by atoms with Crippen LogP contribution in [0.1, 0.15) is 22.9 Å². The van der Waals surface area contributed by atoms with Crippen molar-refractivity contribution in [2.45, 2.75) is 44.3 Å². The maximum Gasteiger partial charge on any atom is 0.263 e. The summed E-state index contributed by atoms with van der Waals surface area (Å²) in [7, 11) is 0. The van der Waals surface area contributed by atoms with Gasteiger partial charge in [-0.1, -0.05) is 48.2 Å². The normalized spacial score (nSPS) is 12.1. The van der Waals surface area contributed by atoms with Gasteiger partial charge in [-0.15, -0.1) is 17.9 Å². The smallest absolute Gasteiger partial charge is 0.263 e. The van der Waals surface area contributed by atoms with Crippen LogP contribution in [0.25, 0.3) is 10.2 Å². The summed E-state index contributed by atoms with van der Waals surface area (Å²) in [5.74, 6) is -0.0908. The van der Waals surface area contributed by atoms with Crippen LogP contribution in [0.4, 0.5) is 0 Å². The highest BCUT2D eigenvalue weighted by Gasteiger charge is 2.21. The Balaban J connectivity index is 1.84. The molecule has 0 radical (unpaired) electrons. The van der Waals surface area contributed by atoms with Crippen molar-refractivity contribution >= 4 is 39.2 Å². The van der Waals surface area contributed by atoms with Crippen LogP contribution in [0.5, 0.6) is 0 Å². The van der Waals surface area contributed by atoms with E-state index in [2.05, 4.69) is 11.9 Å². The van der Waals surface area contributed by atoms with Crippen molar-refractivity contribution in [3.05, 3.63) is 69.3 Å². The minimum absolute atomic E-state index is 0.0776. The van der Waals surface area contributed by atoms with Gasteiger partial charge in [-0.3, -0.25) is 14.2 Å². The molecule has 0 saturated heterocycles. The summed E-state index contributed by atoms with van der Waals surface area (Å²) in [5.41, 5.74) is 1.94. The highest BCUT2D eigenvalue weighted by Crippen LogP contribution is 2.29. The summed E-state index contributed by atoms with van der Waals surface area (Å²) in [6.45, 7) is 10.3. The molecule has 0 saturated carbocycles. The molecule has 28 heavy (non-hydrogen) atoms. The maximum atomic E-state index is 13.0. The van der Waals surface area contributed by atoms with E-state index in [1.54, 1.807) is 10.6 Å². The van der Waals surface area contributed by atoms with Gasteiger partial charge in [0.05, 0.1) is 10.6 Å². The summed E-state index contributed by atoms with van der Waals surface area (Å²) in [6, 6.07) is 9.77. The highest BCUT2D eigenvalue weighted by molar-refractivity contribution is 8.00. The van der Waals surface area contributed by atoms with Gasteiger partial charge < -0.3 is 5.32 Å². The SMILES string of the molecule is C=CCn1c(S[C@H](C)C(=O)NCc2ccccc2)nc2sc(C)c(C)c2c1=O. The van der Waals surface area contributed by atoms with Gasteiger partial charge in [-0.05, 0) is 31.9 Å². The molecule has 1 atom stereocenters. The molecule has 3 aromatic rings. The molecule has 2 aromatic heterocycles. The number of aryl methyl sites for hydroxylation is 2. The monoisotopic (exact) mass is 413 g/mol. The van der Waals surface area contributed by atoms with Crippen LogP contribution in [-0.4, -0.2) is 20.7 Å².